The van der Waals surface area contributed by atoms with Crippen LogP contribution in [0.1, 0.15) is 31.2 Å². The van der Waals surface area contributed by atoms with Crippen LogP contribution in [0, 0.1) is 11.7 Å². The van der Waals surface area contributed by atoms with Gasteiger partial charge in [-0.25, -0.2) is 9.37 Å². The number of nitrogens with one attached hydrogen (secondary N) is 1. The van der Waals surface area contributed by atoms with E-state index < -0.39 is 5.41 Å². The summed E-state index contributed by atoms with van der Waals surface area (Å²) in [6.45, 7) is 2.67. The van der Waals surface area contributed by atoms with Crippen LogP contribution in [-0.2, 0) is 10.2 Å². The van der Waals surface area contributed by atoms with Gasteiger partial charge in [-0.1, -0.05) is 18.2 Å². The van der Waals surface area contributed by atoms with Gasteiger partial charge < -0.3 is 10.2 Å². The maximum absolute atomic E-state index is 13.1. The zero-order valence-electron chi connectivity index (χ0n) is 14.8. The van der Waals surface area contributed by atoms with Crippen molar-refractivity contribution in [3.8, 4) is 0 Å². The topological polar surface area (TPSA) is 45.2 Å². The van der Waals surface area contributed by atoms with Gasteiger partial charge in [0.25, 0.3) is 0 Å². The minimum absolute atomic E-state index is 0.0938. The standard InChI is InChI=1S/C21H24FN3O/c22-18-6-4-17(5-7-18)21(10-11-21)20(26)24-15-16-8-13-25(14-9-16)19-3-1-2-12-23-19/h1-7,12,16H,8-11,13-15H2,(H,24,26). The highest BCUT2D eigenvalue weighted by Crippen LogP contribution is 2.48. The molecule has 2 fully saturated rings. The number of rotatable bonds is 5. The Morgan fingerprint density at radius 3 is 2.50 bits per heavy atom. The normalized spacial score (nSPS) is 19.2. The fourth-order valence-electron chi connectivity index (χ4n) is 3.85. The van der Waals surface area contributed by atoms with Gasteiger partial charge in [0.05, 0.1) is 5.41 Å². The Morgan fingerprint density at radius 2 is 1.88 bits per heavy atom. The molecule has 1 amide bonds. The molecule has 136 valence electrons. The molecular weight excluding hydrogens is 329 g/mol. The molecule has 0 radical (unpaired) electrons. The predicted octanol–water partition coefficient (Wildman–Crippen LogP) is 3.29. The van der Waals surface area contributed by atoms with Crippen LogP contribution in [-0.4, -0.2) is 30.5 Å². The average Bonchev–Trinajstić information content (AvgIpc) is 3.50. The third-order valence-corrected chi connectivity index (χ3v) is 5.72. The molecular formula is C21H24FN3O. The minimum Gasteiger partial charge on any atom is -0.357 e. The van der Waals surface area contributed by atoms with Gasteiger partial charge in [0.2, 0.25) is 5.91 Å². The quantitative estimate of drug-likeness (QED) is 0.897. The number of hydrogen-bond donors (Lipinski definition) is 1. The van der Waals surface area contributed by atoms with E-state index in [1.165, 1.54) is 12.1 Å². The van der Waals surface area contributed by atoms with Crippen molar-refractivity contribution in [1.82, 2.24) is 10.3 Å². The zero-order valence-corrected chi connectivity index (χ0v) is 14.8. The van der Waals surface area contributed by atoms with Gasteiger partial charge in [0, 0.05) is 25.8 Å². The van der Waals surface area contributed by atoms with Crippen LogP contribution in [0.4, 0.5) is 10.2 Å². The molecule has 1 aliphatic carbocycles. The number of benzene rings is 1. The first-order chi connectivity index (χ1) is 12.7. The van der Waals surface area contributed by atoms with Crippen molar-refractivity contribution in [2.24, 2.45) is 5.92 Å². The molecule has 1 N–H and O–H groups in total. The molecule has 1 aromatic heterocycles. The monoisotopic (exact) mass is 353 g/mol. The van der Waals surface area contributed by atoms with E-state index in [0.717, 1.165) is 56.7 Å². The summed E-state index contributed by atoms with van der Waals surface area (Å²) < 4.78 is 13.1. The van der Waals surface area contributed by atoms with Gasteiger partial charge >= 0.3 is 0 Å². The Kier molecular flexibility index (Phi) is 4.62. The first-order valence-electron chi connectivity index (χ1n) is 9.38. The highest BCUT2D eigenvalue weighted by Gasteiger charge is 2.51. The summed E-state index contributed by atoms with van der Waals surface area (Å²) in [7, 11) is 0. The van der Waals surface area contributed by atoms with Crippen LogP contribution in [0.25, 0.3) is 0 Å². The summed E-state index contributed by atoms with van der Waals surface area (Å²) in [5.74, 6) is 1.37. The summed E-state index contributed by atoms with van der Waals surface area (Å²) in [6.07, 6.45) is 5.64. The third-order valence-electron chi connectivity index (χ3n) is 5.72. The van der Waals surface area contributed by atoms with Gasteiger partial charge in [0.1, 0.15) is 11.6 Å². The third kappa shape index (κ3) is 3.43. The largest absolute Gasteiger partial charge is 0.357 e. The molecule has 0 atom stereocenters. The van der Waals surface area contributed by atoms with Crippen LogP contribution in [0.5, 0.6) is 0 Å². The lowest BCUT2D eigenvalue weighted by molar-refractivity contribution is -0.123. The Labute approximate surface area is 153 Å². The van der Waals surface area contributed by atoms with E-state index in [4.69, 9.17) is 0 Å². The second kappa shape index (κ2) is 7.06. The lowest BCUT2D eigenvalue weighted by Gasteiger charge is -2.33. The number of pyridine rings is 1. The fraction of sp³-hybridized carbons (Fsp3) is 0.429. The summed E-state index contributed by atoms with van der Waals surface area (Å²) >= 11 is 0. The van der Waals surface area contributed by atoms with E-state index >= 15 is 0 Å². The van der Waals surface area contributed by atoms with E-state index in [1.54, 1.807) is 12.1 Å². The first-order valence-corrected chi connectivity index (χ1v) is 9.38. The lowest BCUT2D eigenvalue weighted by Crippen LogP contribution is -2.41. The van der Waals surface area contributed by atoms with E-state index in [-0.39, 0.29) is 11.7 Å². The van der Waals surface area contributed by atoms with Crippen molar-refractivity contribution in [3.05, 3.63) is 60.0 Å². The molecule has 1 aromatic carbocycles. The molecule has 0 bridgehead atoms. The van der Waals surface area contributed by atoms with Crippen molar-refractivity contribution in [2.45, 2.75) is 31.1 Å². The molecule has 1 aliphatic heterocycles. The Hall–Kier alpha value is -2.43. The van der Waals surface area contributed by atoms with Crippen LogP contribution in [0.15, 0.2) is 48.7 Å². The van der Waals surface area contributed by atoms with Crippen LogP contribution < -0.4 is 10.2 Å². The Morgan fingerprint density at radius 1 is 1.15 bits per heavy atom. The number of carbonyl (C=O) groups excluding carboxylic acids is 1. The van der Waals surface area contributed by atoms with E-state index in [9.17, 15) is 9.18 Å². The second-order valence-corrected chi connectivity index (χ2v) is 7.42. The fourth-order valence-corrected chi connectivity index (χ4v) is 3.85. The van der Waals surface area contributed by atoms with Crippen molar-refractivity contribution in [3.63, 3.8) is 0 Å². The maximum atomic E-state index is 13.1. The molecule has 2 aliphatic rings. The molecule has 1 saturated carbocycles. The number of anilines is 1. The van der Waals surface area contributed by atoms with Crippen LogP contribution in [0.2, 0.25) is 0 Å². The average molecular weight is 353 g/mol. The Balaban J connectivity index is 1.28. The van der Waals surface area contributed by atoms with Crippen molar-refractivity contribution >= 4 is 11.7 Å². The number of carbonyl (C=O) groups is 1. The van der Waals surface area contributed by atoms with Crippen molar-refractivity contribution < 1.29 is 9.18 Å². The molecule has 4 nitrogen and oxygen atoms in total. The molecule has 2 aromatic rings. The number of nitrogens with zero attached hydrogens (tertiary/aromatic N) is 2. The van der Waals surface area contributed by atoms with E-state index in [2.05, 4.69) is 15.2 Å². The van der Waals surface area contributed by atoms with Gasteiger partial charge in [-0.15, -0.1) is 0 Å². The molecule has 0 spiro atoms. The Bertz CT molecular complexity index is 751. The molecule has 2 heterocycles. The maximum Gasteiger partial charge on any atom is 0.230 e. The van der Waals surface area contributed by atoms with E-state index in [0.29, 0.717) is 5.92 Å². The van der Waals surface area contributed by atoms with Crippen LogP contribution >= 0.6 is 0 Å². The first kappa shape index (κ1) is 17.0. The SMILES string of the molecule is O=C(NCC1CCN(c2ccccn2)CC1)C1(c2ccc(F)cc2)CC1. The summed E-state index contributed by atoms with van der Waals surface area (Å²) in [6, 6.07) is 12.4. The summed E-state index contributed by atoms with van der Waals surface area (Å²) in [5.41, 5.74) is 0.504. The van der Waals surface area contributed by atoms with Gasteiger partial charge in [-0.05, 0) is 61.4 Å². The highest BCUT2D eigenvalue weighted by molar-refractivity contribution is 5.91. The predicted molar refractivity (Wildman–Crippen MR) is 99.5 cm³/mol. The number of hydrogen-bond acceptors (Lipinski definition) is 3. The van der Waals surface area contributed by atoms with E-state index in [1.807, 2.05) is 24.4 Å². The second-order valence-electron chi connectivity index (χ2n) is 7.42. The summed E-state index contributed by atoms with van der Waals surface area (Å²) in [5, 5.41) is 3.16. The molecule has 26 heavy (non-hydrogen) atoms. The van der Waals surface area contributed by atoms with Crippen molar-refractivity contribution in [1.29, 1.82) is 0 Å². The number of aromatic nitrogens is 1. The lowest BCUT2D eigenvalue weighted by atomic mass is 9.93. The number of piperidine rings is 1. The number of amides is 1. The van der Waals surface area contributed by atoms with Gasteiger partial charge in [-0.2, -0.15) is 0 Å². The van der Waals surface area contributed by atoms with Gasteiger partial charge in [0.15, 0.2) is 0 Å². The smallest absolute Gasteiger partial charge is 0.230 e. The minimum atomic E-state index is -0.428. The summed E-state index contributed by atoms with van der Waals surface area (Å²) in [4.78, 5) is 19.4. The highest BCUT2D eigenvalue weighted by atomic mass is 19.1. The molecule has 1 saturated heterocycles. The van der Waals surface area contributed by atoms with Crippen molar-refractivity contribution in [2.75, 3.05) is 24.5 Å². The molecule has 4 rings (SSSR count). The molecule has 5 heteroatoms. The molecule has 0 unspecified atom stereocenters. The van der Waals surface area contributed by atoms with Crippen LogP contribution in [0.3, 0.4) is 0 Å². The zero-order chi connectivity index (χ0) is 18.0. The van der Waals surface area contributed by atoms with Gasteiger partial charge in [-0.3, -0.25) is 4.79 Å². The number of halogens is 1.